The van der Waals surface area contributed by atoms with E-state index in [-0.39, 0.29) is 28.3 Å². The van der Waals surface area contributed by atoms with Crippen LogP contribution in [-0.4, -0.2) is 16.6 Å². The van der Waals surface area contributed by atoms with Gasteiger partial charge in [0.2, 0.25) is 5.91 Å². The highest BCUT2D eigenvalue weighted by Gasteiger charge is 2.13. The first-order valence-electron chi connectivity index (χ1n) is 6.87. The molecule has 0 saturated heterocycles. The van der Waals surface area contributed by atoms with Gasteiger partial charge in [0.25, 0.3) is 5.69 Å². The zero-order chi connectivity index (χ0) is 16.8. The van der Waals surface area contributed by atoms with Gasteiger partial charge in [0, 0.05) is 17.4 Å². The molecule has 5 nitrogen and oxygen atoms in total. The molecule has 1 N–H and O–H groups in total. The molecule has 1 amide bonds. The van der Waals surface area contributed by atoms with Gasteiger partial charge in [-0.3, -0.25) is 14.9 Å². The number of amides is 1. The molecule has 2 aromatic rings. The van der Waals surface area contributed by atoms with Crippen molar-refractivity contribution in [1.82, 2.24) is 0 Å². The summed E-state index contributed by atoms with van der Waals surface area (Å²) in [4.78, 5) is 22.2. The second-order valence-corrected chi connectivity index (χ2v) is 6.16. The number of carbonyl (C=O) groups excluding carboxylic acids is 1. The highest BCUT2D eigenvalue weighted by molar-refractivity contribution is 8.00. The van der Waals surface area contributed by atoms with Crippen molar-refractivity contribution < 1.29 is 14.1 Å². The van der Waals surface area contributed by atoms with Crippen molar-refractivity contribution in [2.75, 3.05) is 11.1 Å². The average molecular weight is 334 g/mol. The van der Waals surface area contributed by atoms with Gasteiger partial charge in [-0.05, 0) is 24.6 Å². The number of nitro groups is 1. The Labute approximate surface area is 137 Å². The molecule has 23 heavy (non-hydrogen) atoms. The summed E-state index contributed by atoms with van der Waals surface area (Å²) in [7, 11) is 0. The number of nitrogens with one attached hydrogen (secondary N) is 1. The summed E-state index contributed by atoms with van der Waals surface area (Å²) >= 11 is 1.33. The van der Waals surface area contributed by atoms with E-state index in [1.165, 1.54) is 36.0 Å². The molecule has 0 aliphatic heterocycles. The minimum atomic E-state index is -0.488. The molecule has 2 aromatic carbocycles. The average Bonchev–Trinajstić information content (AvgIpc) is 2.55. The Morgan fingerprint density at radius 2 is 2.04 bits per heavy atom. The lowest BCUT2D eigenvalue weighted by Gasteiger charge is -2.12. The van der Waals surface area contributed by atoms with Crippen LogP contribution in [0.3, 0.4) is 0 Å². The second-order valence-electron chi connectivity index (χ2n) is 4.83. The SMILES string of the molecule is C[C@@H](SCC(=O)Nc1ccccc1F)c1cccc([N+](=O)[O-])c1. The molecule has 0 bridgehead atoms. The molecule has 0 aliphatic rings. The maximum Gasteiger partial charge on any atom is 0.269 e. The van der Waals surface area contributed by atoms with Gasteiger partial charge in [0.1, 0.15) is 5.82 Å². The Kier molecular flexibility index (Phi) is 5.70. The van der Waals surface area contributed by atoms with E-state index in [2.05, 4.69) is 5.32 Å². The Bertz CT molecular complexity index is 724. The zero-order valence-electron chi connectivity index (χ0n) is 12.4. The summed E-state index contributed by atoms with van der Waals surface area (Å²) < 4.78 is 13.4. The molecule has 0 unspecified atom stereocenters. The summed E-state index contributed by atoms with van der Waals surface area (Å²) in [5.74, 6) is -0.687. The van der Waals surface area contributed by atoms with Crippen LogP contribution in [-0.2, 0) is 4.79 Å². The molecule has 0 aliphatic carbocycles. The van der Waals surface area contributed by atoms with Crippen LogP contribution in [0.15, 0.2) is 48.5 Å². The number of hydrogen-bond acceptors (Lipinski definition) is 4. The molecule has 7 heteroatoms. The number of halogens is 1. The summed E-state index contributed by atoms with van der Waals surface area (Å²) in [5.41, 5.74) is 0.926. The minimum Gasteiger partial charge on any atom is -0.323 e. The molecule has 0 saturated carbocycles. The van der Waals surface area contributed by atoms with Gasteiger partial charge in [-0.2, -0.15) is 0 Å². The Balaban J connectivity index is 1.92. The van der Waals surface area contributed by atoms with Crippen LogP contribution in [0.1, 0.15) is 17.7 Å². The number of non-ortho nitro benzene ring substituents is 1. The van der Waals surface area contributed by atoms with Crippen LogP contribution < -0.4 is 5.32 Å². The normalized spacial score (nSPS) is 11.7. The summed E-state index contributed by atoms with van der Waals surface area (Å²) in [6.45, 7) is 1.86. The number of benzene rings is 2. The van der Waals surface area contributed by atoms with Gasteiger partial charge in [0.05, 0.1) is 16.4 Å². The summed E-state index contributed by atoms with van der Waals surface area (Å²) in [5, 5.41) is 13.2. The predicted molar refractivity (Wildman–Crippen MR) is 89.0 cm³/mol. The fraction of sp³-hybridized carbons (Fsp3) is 0.188. The van der Waals surface area contributed by atoms with Crippen LogP contribution in [0.2, 0.25) is 0 Å². The smallest absolute Gasteiger partial charge is 0.269 e. The molecule has 1 atom stereocenters. The first-order chi connectivity index (χ1) is 11.0. The molecule has 0 fully saturated rings. The summed E-state index contributed by atoms with van der Waals surface area (Å²) in [6, 6.07) is 12.2. The van der Waals surface area contributed by atoms with Gasteiger partial charge in [0.15, 0.2) is 0 Å². The highest BCUT2D eigenvalue weighted by Crippen LogP contribution is 2.30. The third kappa shape index (κ3) is 4.79. The number of carbonyl (C=O) groups is 1. The number of nitro benzene ring substituents is 1. The summed E-state index contributed by atoms with van der Waals surface area (Å²) in [6.07, 6.45) is 0. The maximum absolute atomic E-state index is 13.4. The van der Waals surface area contributed by atoms with Gasteiger partial charge in [-0.25, -0.2) is 4.39 Å². The lowest BCUT2D eigenvalue weighted by Crippen LogP contribution is -2.15. The van der Waals surface area contributed by atoms with E-state index >= 15 is 0 Å². The van der Waals surface area contributed by atoms with E-state index in [0.717, 1.165) is 5.56 Å². The topological polar surface area (TPSA) is 72.2 Å². The first-order valence-corrected chi connectivity index (χ1v) is 7.92. The lowest BCUT2D eigenvalue weighted by atomic mass is 10.1. The number of anilines is 1. The zero-order valence-corrected chi connectivity index (χ0v) is 13.2. The van der Waals surface area contributed by atoms with Crippen LogP contribution >= 0.6 is 11.8 Å². The predicted octanol–water partition coefficient (Wildman–Crippen LogP) is 4.17. The Morgan fingerprint density at radius 3 is 2.74 bits per heavy atom. The van der Waals surface area contributed by atoms with E-state index in [4.69, 9.17) is 0 Å². The third-order valence-electron chi connectivity index (χ3n) is 3.16. The Hall–Kier alpha value is -2.41. The highest BCUT2D eigenvalue weighted by atomic mass is 32.2. The van der Waals surface area contributed by atoms with Crippen molar-refractivity contribution in [3.05, 3.63) is 70.0 Å². The monoisotopic (exact) mass is 334 g/mol. The van der Waals surface area contributed by atoms with E-state index in [1.807, 2.05) is 6.92 Å². The third-order valence-corrected chi connectivity index (χ3v) is 4.36. The van der Waals surface area contributed by atoms with Crippen molar-refractivity contribution in [3.8, 4) is 0 Å². The lowest BCUT2D eigenvalue weighted by molar-refractivity contribution is -0.384. The molecule has 0 radical (unpaired) electrons. The number of para-hydroxylation sites is 1. The van der Waals surface area contributed by atoms with Crippen LogP contribution in [0.5, 0.6) is 0 Å². The number of hydrogen-bond donors (Lipinski definition) is 1. The largest absolute Gasteiger partial charge is 0.323 e. The quantitative estimate of drug-likeness (QED) is 0.636. The van der Waals surface area contributed by atoms with Gasteiger partial charge in [-0.15, -0.1) is 11.8 Å². The van der Waals surface area contributed by atoms with Crippen LogP contribution in [0, 0.1) is 15.9 Å². The van der Waals surface area contributed by atoms with Crippen molar-refractivity contribution in [3.63, 3.8) is 0 Å². The fourth-order valence-electron chi connectivity index (χ4n) is 1.94. The van der Waals surface area contributed by atoms with Crippen LogP contribution in [0.4, 0.5) is 15.8 Å². The molecule has 0 spiro atoms. The van der Waals surface area contributed by atoms with Gasteiger partial charge >= 0.3 is 0 Å². The van der Waals surface area contributed by atoms with E-state index in [0.29, 0.717) is 0 Å². The molecule has 2 rings (SSSR count). The van der Waals surface area contributed by atoms with E-state index < -0.39 is 10.7 Å². The van der Waals surface area contributed by atoms with Crippen LogP contribution in [0.25, 0.3) is 0 Å². The minimum absolute atomic E-state index is 0.0192. The molecule has 0 heterocycles. The second kappa shape index (κ2) is 7.73. The van der Waals surface area contributed by atoms with Gasteiger partial charge in [-0.1, -0.05) is 24.3 Å². The number of thioether (sulfide) groups is 1. The molecule has 120 valence electrons. The van der Waals surface area contributed by atoms with Crippen molar-refractivity contribution >= 4 is 29.0 Å². The standard InChI is InChI=1S/C16H15FN2O3S/c1-11(12-5-4-6-13(9-12)19(21)22)23-10-16(20)18-15-8-3-2-7-14(15)17/h2-9,11H,10H2,1H3,(H,18,20)/t11-/m1/s1. The molecular weight excluding hydrogens is 319 g/mol. The van der Waals surface area contributed by atoms with Crippen molar-refractivity contribution in [2.45, 2.75) is 12.2 Å². The van der Waals surface area contributed by atoms with E-state index in [1.54, 1.807) is 24.3 Å². The van der Waals surface area contributed by atoms with Gasteiger partial charge < -0.3 is 5.32 Å². The number of rotatable bonds is 6. The van der Waals surface area contributed by atoms with Crippen molar-refractivity contribution in [1.29, 1.82) is 0 Å². The molecular formula is C16H15FN2O3S. The van der Waals surface area contributed by atoms with E-state index in [9.17, 15) is 19.3 Å². The first kappa shape index (κ1) is 17.0. The van der Waals surface area contributed by atoms with Crippen molar-refractivity contribution in [2.24, 2.45) is 0 Å². The number of nitrogens with zero attached hydrogens (tertiary/aromatic N) is 1. The maximum atomic E-state index is 13.4. The fourth-order valence-corrected chi connectivity index (χ4v) is 2.75. The molecule has 0 aromatic heterocycles. The Morgan fingerprint density at radius 1 is 1.30 bits per heavy atom.